The van der Waals surface area contributed by atoms with E-state index in [-0.39, 0.29) is 11.5 Å². The van der Waals surface area contributed by atoms with E-state index in [0.29, 0.717) is 18.2 Å². The average molecular weight is 544 g/mol. The van der Waals surface area contributed by atoms with Gasteiger partial charge in [0.25, 0.3) is 10.0 Å². The van der Waals surface area contributed by atoms with Gasteiger partial charge in [-0.2, -0.15) is 0 Å². The van der Waals surface area contributed by atoms with Crippen LogP contribution >= 0.6 is 0 Å². The molecule has 0 aliphatic rings. The summed E-state index contributed by atoms with van der Waals surface area (Å²) in [5.41, 5.74) is 3.40. The van der Waals surface area contributed by atoms with Gasteiger partial charge in [0.2, 0.25) is 0 Å². The second kappa shape index (κ2) is 11.4. The standard InChI is InChI=1S/C31H33N3O4S/c1-22(2)19-34(24-17-15-23(16-18-24)33-39(36,37)26-9-4-3-5-10-26)20-25(35)21-38-30-14-8-13-29-31(30)27-11-6-7-12-28(27)32-29/h3-18,22,25,32-33,35H,19-21H2,1-2H3/t25-/m0/s1. The third-order valence-electron chi connectivity index (χ3n) is 6.48. The molecule has 7 nitrogen and oxygen atoms in total. The van der Waals surface area contributed by atoms with E-state index >= 15 is 0 Å². The van der Waals surface area contributed by atoms with Crippen LogP contribution in [0.3, 0.4) is 0 Å². The molecule has 39 heavy (non-hydrogen) atoms. The fraction of sp³-hybridized carbons (Fsp3) is 0.226. The number of para-hydroxylation sites is 1. The number of nitrogens with zero attached hydrogens (tertiary/aromatic N) is 1. The van der Waals surface area contributed by atoms with Crippen molar-refractivity contribution in [3.63, 3.8) is 0 Å². The van der Waals surface area contributed by atoms with Gasteiger partial charge in [-0.25, -0.2) is 8.42 Å². The predicted molar refractivity (Wildman–Crippen MR) is 158 cm³/mol. The first-order valence-corrected chi connectivity index (χ1v) is 14.5. The van der Waals surface area contributed by atoms with Crippen LogP contribution < -0.4 is 14.4 Å². The average Bonchev–Trinajstić information content (AvgIpc) is 3.31. The van der Waals surface area contributed by atoms with Gasteiger partial charge < -0.3 is 19.7 Å². The van der Waals surface area contributed by atoms with E-state index in [1.54, 1.807) is 42.5 Å². The number of sulfonamides is 1. The Morgan fingerprint density at radius 2 is 1.54 bits per heavy atom. The van der Waals surface area contributed by atoms with Crippen LogP contribution in [0.25, 0.3) is 21.8 Å². The smallest absolute Gasteiger partial charge is 0.261 e. The normalized spacial score (nSPS) is 12.6. The van der Waals surface area contributed by atoms with Crippen molar-refractivity contribution < 1.29 is 18.3 Å². The van der Waals surface area contributed by atoms with Crippen LogP contribution in [0.4, 0.5) is 11.4 Å². The van der Waals surface area contributed by atoms with Gasteiger partial charge in [-0.3, -0.25) is 4.72 Å². The number of fused-ring (bicyclic) bond motifs is 3. The van der Waals surface area contributed by atoms with E-state index in [1.807, 2.05) is 48.5 Å². The quantitative estimate of drug-likeness (QED) is 0.189. The lowest BCUT2D eigenvalue weighted by Gasteiger charge is -2.29. The van der Waals surface area contributed by atoms with E-state index in [4.69, 9.17) is 4.74 Å². The van der Waals surface area contributed by atoms with Crippen LogP contribution in [-0.2, 0) is 10.0 Å². The van der Waals surface area contributed by atoms with Crippen molar-refractivity contribution in [1.29, 1.82) is 0 Å². The highest BCUT2D eigenvalue weighted by Crippen LogP contribution is 2.33. The Hall–Kier alpha value is -4.01. The molecule has 5 rings (SSSR count). The second-order valence-corrected chi connectivity index (χ2v) is 11.8. The van der Waals surface area contributed by atoms with Crippen molar-refractivity contribution >= 4 is 43.2 Å². The Bertz CT molecular complexity index is 1650. The predicted octanol–water partition coefficient (Wildman–Crippen LogP) is 6.02. The van der Waals surface area contributed by atoms with E-state index < -0.39 is 16.1 Å². The number of aromatic nitrogens is 1. The van der Waals surface area contributed by atoms with Crippen LogP contribution in [0.5, 0.6) is 5.75 Å². The number of hydrogen-bond donors (Lipinski definition) is 3. The molecule has 1 atom stereocenters. The molecule has 0 unspecified atom stereocenters. The Balaban J connectivity index is 1.27. The Morgan fingerprint density at radius 3 is 2.28 bits per heavy atom. The monoisotopic (exact) mass is 543 g/mol. The van der Waals surface area contributed by atoms with Crippen molar-refractivity contribution in [3.8, 4) is 5.75 Å². The zero-order chi connectivity index (χ0) is 27.4. The van der Waals surface area contributed by atoms with E-state index in [0.717, 1.165) is 39.8 Å². The molecule has 0 spiro atoms. The largest absolute Gasteiger partial charge is 0.490 e. The first-order chi connectivity index (χ1) is 18.8. The highest BCUT2D eigenvalue weighted by atomic mass is 32.2. The second-order valence-electron chi connectivity index (χ2n) is 10.1. The molecule has 0 bridgehead atoms. The molecule has 4 aromatic carbocycles. The van der Waals surface area contributed by atoms with Crippen LogP contribution in [0.1, 0.15) is 13.8 Å². The van der Waals surface area contributed by atoms with E-state index in [9.17, 15) is 13.5 Å². The fourth-order valence-electron chi connectivity index (χ4n) is 4.76. The van der Waals surface area contributed by atoms with Gasteiger partial charge in [0.15, 0.2) is 0 Å². The Morgan fingerprint density at radius 1 is 0.846 bits per heavy atom. The van der Waals surface area contributed by atoms with Crippen molar-refractivity contribution in [1.82, 2.24) is 4.98 Å². The molecule has 0 fully saturated rings. The number of ether oxygens (including phenoxy) is 1. The highest BCUT2D eigenvalue weighted by Gasteiger charge is 2.18. The number of rotatable bonds is 11. The lowest BCUT2D eigenvalue weighted by atomic mass is 10.1. The summed E-state index contributed by atoms with van der Waals surface area (Å²) in [5, 5.41) is 13.1. The molecule has 8 heteroatoms. The van der Waals surface area contributed by atoms with E-state index in [1.165, 1.54) is 0 Å². The summed E-state index contributed by atoms with van der Waals surface area (Å²) in [6.45, 7) is 5.48. The van der Waals surface area contributed by atoms with Crippen molar-refractivity contribution in [3.05, 3.63) is 97.1 Å². The third-order valence-corrected chi connectivity index (χ3v) is 7.88. The zero-order valence-corrected chi connectivity index (χ0v) is 22.9. The Labute approximate surface area is 229 Å². The number of aromatic amines is 1. The van der Waals surface area contributed by atoms with Crippen molar-refractivity contribution in [2.45, 2.75) is 24.8 Å². The molecule has 3 N–H and O–H groups in total. The SMILES string of the molecule is CC(C)CN(C[C@H](O)COc1cccc2[nH]c3ccccc3c12)c1ccc(NS(=O)(=O)c2ccccc2)cc1. The van der Waals surface area contributed by atoms with Crippen LogP contribution in [0.2, 0.25) is 0 Å². The molecule has 0 aliphatic heterocycles. The molecule has 1 heterocycles. The summed E-state index contributed by atoms with van der Waals surface area (Å²) in [4.78, 5) is 5.72. The van der Waals surface area contributed by atoms with Gasteiger partial charge >= 0.3 is 0 Å². The maximum atomic E-state index is 12.7. The minimum absolute atomic E-state index is 0.141. The van der Waals surface area contributed by atoms with Crippen LogP contribution in [-0.4, -0.2) is 44.3 Å². The molecule has 0 saturated carbocycles. The number of benzene rings is 4. The lowest BCUT2D eigenvalue weighted by molar-refractivity contribution is 0.112. The van der Waals surface area contributed by atoms with Crippen molar-refractivity contribution in [2.24, 2.45) is 5.92 Å². The number of anilines is 2. The van der Waals surface area contributed by atoms with Crippen LogP contribution in [0, 0.1) is 5.92 Å². The maximum Gasteiger partial charge on any atom is 0.261 e. The van der Waals surface area contributed by atoms with Crippen LogP contribution in [0.15, 0.2) is 102 Å². The highest BCUT2D eigenvalue weighted by molar-refractivity contribution is 7.92. The molecule has 202 valence electrons. The minimum Gasteiger partial charge on any atom is -0.490 e. The minimum atomic E-state index is -3.67. The third kappa shape index (κ3) is 6.19. The topological polar surface area (TPSA) is 94.7 Å². The van der Waals surface area contributed by atoms with Gasteiger partial charge in [-0.05, 0) is 60.5 Å². The molecular weight excluding hydrogens is 510 g/mol. The first-order valence-electron chi connectivity index (χ1n) is 13.0. The summed E-state index contributed by atoms with van der Waals surface area (Å²) in [6, 6.07) is 29.5. The summed E-state index contributed by atoms with van der Waals surface area (Å²) >= 11 is 0. The molecule has 0 amide bonds. The van der Waals surface area contributed by atoms with Gasteiger partial charge in [0.1, 0.15) is 18.5 Å². The lowest BCUT2D eigenvalue weighted by Crippen LogP contribution is -2.37. The number of hydrogen-bond acceptors (Lipinski definition) is 5. The van der Waals surface area contributed by atoms with Gasteiger partial charge in [-0.1, -0.05) is 56.3 Å². The number of H-pyrrole nitrogens is 1. The zero-order valence-electron chi connectivity index (χ0n) is 22.0. The van der Waals surface area contributed by atoms with E-state index in [2.05, 4.69) is 34.5 Å². The van der Waals surface area contributed by atoms with Crippen molar-refractivity contribution in [2.75, 3.05) is 29.3 Å². The van der Waals surface area contributed by atoms with Gasteiger partial charge in [-0.15, -0.1) is 0 Å². The Kier molecular flexibility index (Phi) is 7.77. The number of aliphatic hydroxyl groups is 1. The summed E-state index contributed by atoms with van der Waals surface area (Å²) in [6.07, 6.45) is -0.736. The summed E-state index contributed by atoms with van der Waals surface area (Å²) in [7, 11) is -3.67. The number of nitrogens with one attached hydrogen (secondary N) is 2. The number of aliphatic hydroxyl groups excluding tert-OH is 1. The first kappa shape index (κ1) is 26.6. The van der Waals surface area contributed by atoms with Gasteiger partial charge in [0, 0.05) is 40.8 Å². The molecule has 0 aliphatic carbocycles. The molecular formula is C31H33N3O4S. The van der Waals surface area contributed by atoms with Gasteiger partial charge in [0.05, 0.1) is 10.4 Å². The summed E-state index contributed by atoms with van der Waals surface area (Å²) < 4.78 is 34.1. The maximum absolute atomic E-state index is 12.7. The molecule has 0 saturated heterocycles. The molecule has 0 radical (unpaired) electrons. The molecule has 5 aromatic rings. The summed E-state index contributed by atoms with van der Waals surface area (Å²) in [5.74, 6) is 1.09. The fourth-order valence-corrected chi connectivity index (χ4v) is 5.84. The molecule has 1 aromatic heterocycles.